The molecule has 0 aliphatic carbocycles. The Kier molecular flexibility index (Phi) is 6.31. The fraction of sp³-hybridized carbons (Fsp3) is 0.533. The maximum absolute atomic E-state index is 12.0. The summed E-state index contributed by atoms with van der Waals surface area (Å²) in [5, 5.41) is 2.85. The van der Waals surface area contributed by atoms with E-state index in [1.807, 2.05) is 13.0 Å². The van der Waals surface area contributed by atoms with E-state index >= 15 is 0 Å². The molecule has 1 aromatic rings. The highest BCUT2D eigenvalue weighted by Crippen LogP contribution is 2.32. The van der Waals surface area contributed by atoms with E-state index in [1.54, 1.807) is 20.3 Å². The van der Waals surface area contributed by atoms with Crippen molar-refractivity contribution < 1.29 is 14.3 Å². The van der Waals surface area contributed by atoms with Gasteiger partial charge in [0.15, 0.2) is 11.5 Å². The van der Waals surface area contributed by atoms with Crippen LogP contribution in [-0.2, 0) is 4.79 Å². The van der Waals surface area contributed by atoms with Crippen molar-refractivity contribution in [2.45, 2.75) is 39.2 Å². The van der Waals surface area contributed by atoms with Gasteiger partial charge in [0.1, 0.15) is 0 Å². The molecule has 20 heavy (non-hydrogen) atoms. The second-order valence-electron chi connectivity index (χ2n) is 4.76. The quantitative estimate of drug-likeness (QED) is 0.804. The maximum atomic E-state index is 12.0. The van der Waals surface area contributed by atoms with Crippen molar-refractivity contribution in [1.29, 1.82) is 0 Å². The molecular weight excluding hydrogens is 256 g/mol. The standard InChI is InChI=1S/C15H24N2O3/c1-5-6-7-11(16)15(18)17-12-9-14(20-4)13(19-3)8-10(12)2/h8-9,11H,5-7,16H2,1-4H3,(H,17,18). The van der Waals surface area contributed by atoms with Gasteiger partial charge in [-0.25, -0.2) is 0 Å². The van der Waals surface area contributed by atoms with Crippen LogP contribution in [0.3, 0.4) is 0 Å². The number of amides is 1. The first-order valence-electron chi connectivity index (χ1n) is 6.82. The topological polar surface area (TPSA) is 73.6 Å². The molecule has 112 valence electrons. The lowest BCUT2D eigenvalue weighted by Gasteiger charge is -2.16. The summed E-state index contributed by atoms with van der Waals surface area (Å²) in [5.41, 5.74) is 7.46. The fourth-order valence-electron chi connectivity index (χ4n) is 1.90. The number of nitrogens with one attached hydrogen (secondary N) is 1. The number of carbonyl (C=O) groups is 1. The Morgan fingerprint density at radius 1 is 1.30 bits per heavy atom. The van der Waals surface area contributed by atoms with E-state index in [0.29, 0.717) is 23.6 Å². The van der Waals surface area contributed by atoms with Gasteiger partial charge in [-0.2, -0.15) is 0 Å². The molecule has 0 radical (unpaired) electrons. The zero-order chi connectivity index (χ0) is 15.1. The minimum Gasteiger partial charge on any atom is -0.493 e. The third kappa shape index (κ3) is 4.13. The predicted molar refractivity (Wildman–Crippen MR) is 80.4 cm³/mol. The molecule has 3 N–H and O–H groups in total. The maximum Gasteiger partial charge on any atom is 0.241 e. The molecule has 0 aromatic heterocycles. The third-order valence-electron chi connectivity index (χ3n) is 3.19. The first kappa shape index (κ1) is 16.3. The van der Waals surface area contributed by atoms with E-state index in [-0.39, 0.29) is 5.91 Å². The first-order valence-corrected chi connectivity index (χ1v) is 6.82. The minimum atomic E-state index is -0.484. The summed E-state index contributed by atoms with van der Waals surface area (Å²) < 4.78 is 10.4. The molecule has 0 saturated heterocycles. The number of unbranched alkanes of at least 4 members (excludes halogenated alkanes) is 1. The monoisotopic (exact) mass is 280 g/mol. The largest absolute Gasteiger partial charge is 0.493 e. The van der Waals surface area contributed by atoms with Gasteiger partial charge in [-0.05, 0) is 25.0 Å². The van der Waals surface area contributed by atoms with E-state index < -0.39 is 6.04 Å². The van der Waals surface area contributed by atoms with Crippen LogP contribution < -0.4 is 20.5 Å². The average Bonchev–Trinajstić information content (AvgIpc) is 2.45. The summed E-state index contributed by atoms with van der Waals surface area (Å²) in [5.74, 6) is 1.04. The summed E-state index contributed by atoms with van der Waals surface area (Å²) in [7, 11) is 3.14. The van der Waals surface area contributed by atoms with Crippen molar-refractivity contribution in [3.05, 3.63) is 17.7 Å². The molecular formula is C15H24N2O3. The first-order chi connectivity index (χ1) is 9.53. The number of carbonyl (C=O) groups excluding carboxylic acids is 1. The van der Waals surface area contributed by atoms with Gasteiger partial charge in [0.2, 0.25) is 5.91 Å². The number of methoxy groups -OCH3 is 2. The molecule has 0 saturated carbocycles. The normalized spacial score (nSPS) is 11.8. The molecule has 0 heterocycles. The van der Waals surface area contributed by atoms with E-state index in [2.05, 4.69) is 12.2 Å². The number of aryl methyl sites for hydroxylation is 1. The molecule has 1 atom stereocenters. The van der Waals surface area contributed by atoms with Crippen molar-refractivity contribution in [2.24, 2.45) is 5.73 Å². The number of ether oxygens (including phenoxy) is 2. The third-order valence-corrected chi connectivity index (χ3v) is 3.19. The molecule has 5 nitrogen and oxygen atoms in total. The number of nitrogens with two attached hydrogens (primary N) is 1. The summed E-state index contributed by atoms with van der Waals surface area (Å²) in [6, 6.07) is 3.09. The Balaban J connectivity index is 2.84. The van der Waals surface area contributed by atoms with Crippen LogP contribution in [0.15, 0.2) is 12.1 Å². The lowest BCUT2D eigenvalue weighted by molar-refractivity contribution is -0.117. The Morgan fingerprint density at radius 3 is 2.45 bits per heavy atom. The van der Waals surface area contributed by atoms with Gasteiger partial charge in [0.05, 0.1) is 20.3 Å². The molecule has 5 heteroatoms. The van der Waals surface area contributed by atoms with Crippen molar-refractivity contribution >= 4 is 11.6 Å². The number of benzene rings is 1. The molecule has 1 rings (SSSR count). The van der Waals surface area contributed by atoms with E-state index in [0.717, 1.165) is 18.4 Å². The van der Waals surface area contributed by atoms with Crippen LogP contribution in [0.1, 0.15) is 31.7 Å². The Morgan fingerprint density at radius 2 is 1.90 bits per heavy atom. The van der Waals surface area contributed by atoms with Gasteiger partial charge in [-0.15, -0.1) is 0 Å². The lowest BCUT2D eigenvalue weighted by Crippen LogP contribution is -2.35. The fourth-order valence-corrected chi connectivity index (χ4v) is 1.90. The Hall–Kier alpha value is -1.75. The molecule has 0 bridgehead atoms. The number of anilines is 1. The zero-order valence-electron chi connectivity index (χ0n) is 12.7. The van der Waals surface area contributed by atoms with Crippen LogP contribution in [0.5, 0.6) is 11.5 Å². The van der Waals surface area contributed by atoms with Gasteiger partial charge in [-0.3, -0.25) is 4.79 Å². The van der Waals surface area contributed by atoms with Crippen LogP contribution in [0.25, 0.3) is 0 Å². The second kappa shape index (κ2) is 7.75. The summed E-state index contributed by atoms with van der Waals surface area (Å²) in [6.07, 6.45) is 2.66. The highest BCUT2D eigenvalue weighted by molar-refractivity contribution is 5.95. The van der Waals surface area contributed by atoms with Gasteiger partial charge in [0.25, 0.3) is 0 Å². The van der Waals surface area contributed by atoms with Crippen LogP contribution in [0.2, 0.25) is 0 Å². The molecule has 0 spiro atoms. The number of hydrogen-bond acceptors (Lipinski definition) is 4. The summed E-state index contributed by atoms with van der Waals surface area (Å²) in [6.45, 7) is 3.97. The Labute approximate surface area is 120 Å². The van der Waals surface area contributed by atoms with Crippen LogP contribution >= 0.6 is 0 Å². The van der Waals surface area contributed by atoms with Crippen LogP contribution in [-0.4, -0.2) is 26.2 Å². The summed E-state index contributed by atoms with van der Waals surface area (Å²) >= 11 is 0. The molecule has 0 aliphatic heterocycles. The molecule has 1 aromatic carbocycles. The average molecular weight is 280 g/mol. The van der Waals surface area contributed by atoms with Gasteiger partial charge < -0.3 is 20.5 Å². The highest BCUT2D eigenvalue weighted by Gasteiger charge is 2.15. The minimum absolute atomic E-state index is 0.172. The Bertz CT molecular complexity index is 461. The summed E-state index contributed by atoms with van der Waals surface area (Å²) in [4.78, 5) is 12.0. The molecule has 1 unspecified atom stereocenters. The van der Waals surface area contributed by atoms with Crippen LogP contribution in [0.4, 0.5) is 5.69 Å². The lowest BCUT2D eigenvalue weighted by atomic mass is 10.1. The zero-order valence-corrected chi connectivity index (χ0v) is 12.7. The van der Waals surface area contributed by atoms with Crippen molar-refractivity contribution in [1.82, 2.24) is 0 Å². The van der Waals surface area contributed by atoms with Crippen molar-refractivity contribution in [3.63, 3.8) is 0 Å². The predicted octanol–water partition coefficient (Wildman–Crippen LogP) is 2.47. The second-order valence-corrected chi connectivity index (χ2v) is 4.76. The van der Waals surface area contributed by atoms with Crippen LogP contribution in [0, 0.1) is 6.92 Å². The van der Waals surface area contributed by atoms with Gasteiger partial charge >= 0.3 is 0 Å². The van der Waals surface area contributed by atoms with Gasteiger partial charge in [0, 0.05) is 11.8 Å². The molecule has 0 fully saturated rings. The smallest absolute Gasteiger partial charge is 0.241 e. The molecule has 0 aliphatic rings. The SMILES string of the molecule is CCCCC(N)C(=O)Nc1cc(OC)c(OC)cc1C. The highest BCUT2D eigenvalue weighted by atomic mass is 16.5. The number of rotatable bonds is 7. The van der Waals surface area contributed by atoms with Crippen molar-refractivity contribution in [2.75, 3.05) is 19.5 Å². The van der Waals surface area contributed by atoms with Crippen molar-refractivity contribution in [3.8, 4) is 11.5 Å². The van der Waals surface area contributed by atoms with E-state index in [4.69, 9.17) is 15.2 Å². The number of hydrogen-bond donors (Lipinski definition) is 2. The van der Waals surface area contributed by atoms with E-state index in [1.165, 1.54) is 0 Å². The van der Waals surface area contributed by atoms with E-state index in [9.17, 15) is 4.79 Å². The molecule has 1 amide bonds. The van der Waals surface area contributed by atoms with Gasteiger partial charge in [-0.1, -0.05) is 19.8 Å².